The van der Waals surface area contributed by atoms with Gasteiger partial charge in [0.25, 0.3) is 0 Å². The Morgan fingerprint density at radius 3 is 2.21 bits per heavy atom. The number of rotatable bonds is 3. The van der Waals surface area contributed by atoms with Crippen LogP contribution in [0.2, 0.25) is 0 Å². The first-order chi connectivity index (χ1) is 6.66. The maximum absolute atomic E-state index is 3.76. The Morgan fingerprint density at radius 1 is 0.929 bits per heavy atom. The van der Waals surface area contributed by atoms with Crippen LogP contribution in [0.4, 0.5) is 0 Å². The molecule has 0 aromatic heterocycles. The number of hydrogen-bond donors (Lipinski definition) is 1. The van der Waals surface area contributed by atoms with Gasteiger partial charge in [0.2, 0.25) is 0 Å². The first kappa shape index (κ1) is 10.5. The van der Waals surface area contributed by atoms with Crippen molar-refractivity contribution in [3.8, 4) is 0 Å². The molecule has 0 heterocycles. The Labute approximate surface area is 88.7 Å². The van der Waals surface area contributed by atoms with E-state index in [-0.39, 0.29) is 0 Å². The molecule has 2 rings (SSSR count). The summed E-state index contributed by atoms with van der Waals surface area (Å²) < 4.78 is 0. The first-order valence-electron chi connectivity index (χ1n) is 6.40. The molecule has 0 aromatic rings. The van der Waals surface area contributed by atoms with E-state index in [1.807, 2.05) is 0 Å². The average molecular weight is 195 g/mol. The van der Waals surface area contributed by atoms with Crippen molar-refractivity contribution in [1.29, 1.82) is 0 Å². The zero-order valence-corrected chi connectivity index (χ0v) is 9.92. The highest BCUT2D eigenvalue weighted by molar-refractivity contribution is 4.87. The van der Waals surface area contributed by atoms with Crippen molar-refractivity contribution in [2.75, 3.05) is 6.54 Å². The lowest BCUT2D eigenvalue weighted by Crippen LogP contribution is -2.37. The molecule has 1 nitrogen and oxygen atoms in total. The molecule has 1 N–H and O–H groups in total. The normalized spacial score (nSPS) is 47.8. The Kier molecular flexibility index (Phi) is 3.16. The van der Waals surface area contributed by atoms with Crippen molar-refractivity contribution in [3.05, 3.63) is 0 Å². The lowest BCUT2D eigenvalue weighted by molar-refractivity contribution is 0.225. The second-order valence-electron chi connectivity index (χ2n) is 5.85. The minimum absolute atomic E-state index is 0.828. The lowest BCUT2D eigenvalue weighted by atomic mass is 9.79. The smallest absolute Gasteiger partial charge is 0.00699 e. The molecule has 1 heteroatoms. The molecule has 0 bridgehead atoms. The van der Waals surface area contributed by atoms with Crippen molar-refractivity contribution in [3.63, 3.8) is 0 Å². The van der Waals surface area contributed by atoms with Crippen molar-refractivity contribution in [2.45, 2.75) is 52.5 Å². The molecule has 0 radical (unpaired) electrons. The molecular formula is C13H25N. The Bertz CT molecular complexity index is 190. The van der Waals surface area contributed by atoms with E-state index in [4.69, 9.17) is 0 Å². The minimum Gasteiger partial charge on any atom is -0.314 e. The molecule has 14 heavy (non-hydrogen) atoms. The summed E-state index contributed by atoms with van der Waals surface area (Å²) >= 11 is 0. The molecular weight excluding hydrogens is 170 g/mol. The summed E-state index contributed by atoms with van der Waals surface area (Å²) in [7, 11) is 0. The van der Waals surface area contributed by atoms with Crippen LogP contribution in [-0.4, -0.2) is 12.6 Å². The van der Waals surface area contributed by atoms with Gasteiger partial charge in [-0.15, -0.1) is 0 Å². The quantitative estimate of drug-likeness (QED) is 0.730. The minimum atomic E-state index is 0.828. The number of nitrogens with one attached hydrogen (secondary N) is 1. The van der Waals surface area contributed by atoms with Gasteiger partial charge >= 0.3 is 0 Å². The molecule has 0 saturated heterocycles. The largest absolute Gasteiger partial charge is 0.314 e. The maximum Gasteiger partial charge on any atom is 0.00699 e. The van der Waals surface area contributed by atoms with Crippen LogP contribution in [0, 0.1) is 23.7 Å². The van der Waals surface area contributed by atoms with E-state index in [2.05, 4.69) is 26.1 Å². The molecule has 0 spiro atoms. The van der Waals surface area contributed by atoms with E-state index < -0.39 is 0 Å². The maximum atomic E-state index is 3.76. The van der Waals surface area contributed by atoms with Gasteiger partial charge in [-0.2, -0.15) is 0 Å². The van der Waals surface area contributed by atoms with Crippen LogP contribution in [0.25, 0.3) is 0 Å². The van der Waals surface area contributed by atoms with E-state index in [1.54, 1.807) is 0 Å². The second-order valence-corrected chi connectivity index (χ2v) is 5.85. The van der Waals surface area contributed by atoms with Crippen LogP contribution < -0.4 is 5.32 Å². The average Bonchev–Trinajstić information content (AvgIpc) is 2.85. The molecule has 5 atom stereocenters. The molecule has 0 amide bonds. The first-order valence-corrected chi connectivity index (χ1v) is 6.40. The fourth-order valence-corrected chi connectivity index (χ4v) is 2.73. The van der Waals surface area contributed by atoms with Gasteiger partial charge in [-0.25, -0.2) is 0 Å². The van der Waals surface area contributed by atoms with E-state index in [0.717, 1.165) is 29.7 Å². The van der Waals surface area contributed by atoms with Gasteiger partial charge in [0.15, 0.2) is 0 Å². The second kappa shape index (κ2) is 4.22. The summed E-state index contributed by atoms with van der Waals surface area (Å²) in [6, 6.07) is 0.828. The molecule has 5 unspecified atom stereocenters. The summed E-state index contributed by atoms with van der Waals surface area (Å²) in [5.74, 6) is 3.89. The molecule has 2 aliphatic rings. The van der Waals surface area contributed by atoms with Gasteiger partial charge in [0.05, 0.1) is 0 Å². The Morgan fingerprint density at radius 2 is 1.64 bits per heavy atom. The predicted molar refractivity (Wildman–Crippen MR) is 61.2 cm³/mol. The summed E-state index contributed by atoms with van der Waals surface area (Å²) in [5, 5.41) is 3.76. The van der Waals surface area contributed by atoms with Crippen LogP contribution in [0.5, 0.6) is 0 Å². The van der Waals surface area contributed by atoms with Crippen LogP contribution in [0.3, 0.4) is 0 Å². The fraction of sp³-hybridized carbons (Fsp3) is 1.00. The molecule has 0 aliphatic heterocycles. The van der Waals surface area contributed by atoms with Crippen LogP contribution in [0.15, 0.2) is 0 Å². The van der Waals surface area contributed by atoms with E-state index >= 15 is 0 Å². The predicted octanol–water partition coefficient (Wildman–Crippen LogP) is 3.06. The van der Waals surface area contributed by atoms with Gasteiger partial charge in [-0.1, -0.05) is 20.8 Å². The van der Waals surface area contributed by atoms with Crippen molar-refractivity contribution in [2.24, 2.45) is 23.7 Å². The molecule has 2 saturated carbocycles. The monoisotopic (exact) mass is 195 g/mol. The topological polar surface area (TPSA) is 12.0 Å². The molecule has 82 valence electrons. The van der Waals surface area contributed by atoms with Crippen LogP contribution in [0.1, 0.15) is 46.5 Å². The highest BCUT2D eigenvalue weighted by Gasteiger charge is 2.33. The van der Waals surface area contributed by atoms with Gasteiger partial charge in [0, 0.05) is 6.04 Å². The Balaban J connectivity index is 1.66. The van der Waals surface area contributed by atoms with Crippen LogP contribution in [-0.2, 0) is 0 Å². The molecule has 2 aliphatic carbocycles. The standard InChI is InChI=1S/C13H25N/c1-9-4-5-13(7-10(9)2)14-8-12-6-11(12)3/h9-14H,4-8H2,1-3H3. The van der Waals surface area contributed by atoms with Gasteiger partial charge in [0.1, 0.15) is 0 Å². The van der Waals surface area contributed by atoms with Gasteiger partial charge < -0.3 is 5.32 Å². The highest BCUT2D eigenvalue weighted by Crippen LogP contribution is 2.37. The summed E-state index contributed by atoms with van der Waals surface area (Å²) in [4.78, 5) is 0. The van der Waals surface area contributed by atoms with Crippen molar-refractivity contribution >= 4 is 0 Å². The third-order valence-corrected chi connectivity index (χ3v) is 4.54. The van der Waals surface area contributed by atoms with E-state index in [1.165, 1.54) is 32.2 Å². The third kappa shape index (κ3) is 2.50. The van der Waals surface area contributed by atoms with Gasteiger partial charge in [-0.05, 0) is 55.9 Å². The SMILES string of the molecule is CC1CCC(NCC2CC2C)CC1C. The fourth-order valence-electron chi connectivity index (χ4n) is 2.73. The zero-order chi connectivity index (χ0) is 10.1. The summed E-state index contributed by atoms with van der Waals surface area (Å²) in [5.41, 5.74) is 0. The van der Waals surface area contributed by atoms with Gasteiger partial charge in [-0.3, -0.25) is 0 Å². The Hall–Kier alpha value is -0.0400. The van der Waals surface area contributed by atoms with E-state index in [0.29, 0.717) is 0 Å². The summed E-state index contributed by atoms with van der Waals surface area (Å²) in [6.07, 6.45) is 5.71. The highest BCUT2D eigenvalue weighted by atomic mass is 14.9. The van der Waals surface area contributed by atoms with Crippen LogP contribution >= 0.6 is 0 Å². The van der Waals surface area contributed by atoms with Crippen molar-refractivity contribution < 1.29 is 0 Å². The number of hydrogen-bond acceptors (Lipinski definition) is 1. The third-order valence-electron chi connectivity index (χ3n) is 4.54. The van der Waals surface area contributed by atoms with Crippen molar-refractivity contribution in [1.82, 2.24) is 5.32 Å². The molecule has 2 fully saturated rings. The zero-order valence-electron chi connectivity index (χ0n) is 9.92. The lowest BCUT2D eigenvalue weighted by Gasteiger charge is -2.32. The van der Waals surface area contributed by atoms with E-state index in [9.17, 15) is 0 Å². The summed E-state index contributed by atoms with van der Waals surface area (Å²) in [6.45, 7) is 8.48. The molecule has 0 aromatic carbocycles.